The molecule has 0 radical (unpaired) electrons. The monoisotopic (exact) mass is 164 g/mol. The van der Waals surface area contributed by atoms with Gasteiger partial charge in [-0.2, -0.15) is 0 Å². The molecule has 1 aromatic rings. The van der Waals surface area contributed by atoms with Crippen molar-refractivity contribution >= 4 is 5.97 Å². The summed E-state index contributed by atoms with van der Waals surface area (Å²) in [6.07, 6.45) is 1.99. The fraction of sp³-hybridized carbons (Fsp3) is 0.300. The molecule has 0 bridgehead atoms. The highest BCUT2D eigenvalue weighted by Gasteiger charge is 2.01. The van der Waals surface area contributed by atoms with Crippen LogP contribution in [-0.2, 0) is 6.42 Å². The van der Waals surface area contributed by atoms with Gasteiger partial charge < -0.3 is 5.11 Å². The third-order valence-electron chi connectivity index (χ3n) is 1.71. The van der Waals surface area contributed by atoms with Crippen LogP contribution in [0.4, 0.5) is 0 Å². The highest BCUT2D eigenvalue weighted by molar-refractivity contribution is 5.87. The third kappa shape index (κ3) is 2.09. The Hall–Kier alpha value is -1.31. The van der Waals surface area contributed by atoms with Gasteiger partial charge in [0.1, 0.15) is 0 Å². The van der Waals surface area contributed by atoms with E-state index in [1.807, 2.05) is 6.07 Å². The second kappa shape index (κ2) is 3.90. The van der Waals surface area contributed by atoms with Crippen molar-refractivity contribution in [2.45, 2.75) is 19.8 Å². The number of carbonyl (C=O) groups is 1. The van der Waals surface area contributed by atoms with Crippen molar-refractivity contribution < 1.29 is 9.90 Å². The number of aromatic carboxylic acids is 1. The molecule has 0 fully saturated rings. The summed E-state index contributed by atoms with van der Waals surface area (Å²) in [5.74, 6) is -0.854. The Morgan fingerprint density at radius 2 is 2.25 bits per heavy atom. The van der Waals surface area contributed by atoms with Gasteiger partial charge in [-0.25, -0.2) is 4.79 Å². The molecule has 1 rings (SSSR count). The Bertz CT molecular complexity index is 279. The van der Waals surface area contributed by atoms with Gasteiger partial charge in [-0.05, 0) is 24.1 Å². The topological polar surface area (TPSA) is 37.3 Å². The average Bonchev–Trinajstić information content (AvgIpc) is 2.05. The lowest BCUT2D eigenvalue weighted by Crippen LogP contribution is -1.96. The number of carboxylic acids is 1. The van der Waals surface area contributed by atoms with Crippen LogP contribution in [0.25, 0.3) is 0 Å². The van der Waals surface area contributed by atoms with E-state index in [9.17, 15) is 4.79 Å². The Balaban J connectivity index is 2.88. The Kier molecular flexibility index (Phi) is 2.86. The molecule has 0 spiro atoms. The van der Waals surface area contributed by atoms with Crippen LogP contribution in [0, 0.1) is 0 Å². The minimum Gasteiger partial charge on any atom is -0.478 e. The van der Waals surface area contributed by atoms with E-state index in [2.05, 4.69) is 6.92 Å². The molecule has 0 aliphatic rings. The SMILES string of the molecule is CCCc1cccc(C(=O)O)c1. The molecular weight excluding hydrogens is 152 g/mol. The first-order valence-electron chi connectivity index (χ1n) is 4.06. The van der Waals surface area contributed by atoms with Gasteiger partial charge in [-0.1, -0.05) is 25.5 Å². The molecule has 0 saturated carbocycles. The molecule has 2 nitrogen and oxygen atoms in total. The summed E-state index contributed by atoms with van der Waals surface area (Å²) < 4.78 is 0. The first kappa shape index (κ1) is 8.78. The zero-order valence-electron chi connectivity index (χ0n) is 7.08. The molecule has 0 atom stereocenters. The molecule has 0 heterocycles. The smallest absolute Gasteiger partial charge is 0.335 e. The first-order chi connectivity index (χ1) is 5.74. The molecule has 1 N–H and O–H groups in total. The minimum atomic E-state index is -0.854. The zero-order valence-corrected chi connectivity index (χ0v) is 7.08. The molecule has 0 aliphatic carbocycles. The van der Waals surface area contributed by atoms with Crippen molar-refractivity contribution in [1.29, 1.82) is 0 Å². The maximum Gasteiger partial charge on any atom is 0.335 e. The summed E-state index contributed by atoms with van der Waals surface area (Å²) in [6.45, 7) is 2.08. The molecule has 1 aromatic carbocycles. The van der Waals surface area contributed by atoms with Crippen LogP contribution in [0.5, 0.6) is 0 Å². The van der Waals surface area contributed by atoms with Crippen LogP contribution in [0.1, 0.15) is 29.3 Å². The Labute approximate surface area is 71.8 Å². The fourth-order valence-electron chi connectivity index (χ4n) is 1.15. The van der Waals surface area contributed by atoms with Gasteiger partial charge >= 0.3 is 5.97 Å². The van der Waals surface area contributed by atoms with E-state index in [0.717, 1.165) is 18.4 Å². The standard InChI is InChI=1S/C10H12O2/c1-2-4-8-5-3-6-9(7-8)10(11)12/h3,5-7H,2,4H2,1H3,(H,11,12). The summed E-state index contributed by atoms with van der Waals surface area (Å²) in [5.41, 5.74) is 1.47. The van der Waals surface area contributed by atoms with Crippen molar-refractivity contribution in [2.24, 2.45) is 0 Å². The van der Waals surface area contributed by atoms with Crippen molar-refractivity contribution in [3.8, 4) is 0 Å². The molecular formula is C10H12O2. The predicted octanol–water partition coefficient (Wildman–Crippen LogP) is 2.34. The van der Waals surface area contributed by atoms with E-state index in [1.54, 1.807) is 18.2 Å². The number of carboxylic acid groups (broad SMARTS) is 1. The first-order valence-corrected chi connectivity index (χ1v) is 4.06. The highest BCUT2D eigenvalue weighted by atomic mass is 16.4. The number of rotatable bonds is 3. The largest absolute Gasteiger partial charge is 0.478 e. The lowest BCUT2D eigenvalue weighted by Gasteiger charge is -1.99. The van der Waals surface area contributed by atoms with Crippen LogP contribution in [0.3, 0.4) is 0 Å². The van der Waals surface area contributed by atoms with Gasteiger partial charge in [0, 0.05) is 0 Å². The Morgan fingerprint density at radius 1 is 1.50 bits per heavy atom. The van der Waals surface area contributed by atoms with Crippen LogP contribution >= 0.6 is 0 Å². The number of hydrogen-bond acceptors (Lipinski definition) is 1. The maximum absolute atomic E-state index is 10.6. The van der Waals surface area contributed by atoms with Gasteiger partial charge in [0.05, 0.1) is 5.56 Å². The van der Waals surface area contributed by atoms with Gasteiger partial charge in [-0.3, -0.25) is 0 Å². The van der Waals surface area contributed by atoms with Gasteiger partial charge in [0.2, 0.25) is 0 Å². The van der Waals surface area contributed by atoms with Crippen LogP contribution in [0.15, 0.2) is 24.3 Å². The second-order valence-electron chi connectivity index (χ2n) is 2.76. The van der Waals surface area contributed by atoms with Crippen molar-refractivity contribution in [3.63, 3.8) is 0 Å². The number of aryl methyl sites for hydroxylation is 1. The fourth-order valence-corrected chi connectivity index (χ4v) is 1.15. The average molecular weight is 164 g/mol. The molecule has 12 heavy (non-hydrogen) atoms. The van der Waals surface area contributed by atoms with E-state index < -0.39 is 5.97 Å². The van der Waals surface area contributed by atoms with E-state index in [1.165, 1.54) is 0 Å². The summed E-state index contributed by atoms with van der Waals surface area (Å²) in [4.78, 5) is 10.6. The molecule has 0 amide bonds. The predicted molar refractivity (Wildman–Crippen MR) is 47.4 cm³/mol. The lowest BCUT2D eigenvalue weighted by atomic mass is 10.1. The van der Waals surface area contributed by atoms with Gasteiger partial charge in [0.15, 0.2) is 0 Å². The normalized spacial score (nSPS) is 9.75. The summed E-state index contributed by atoms with van der Waals surface area (Å²) in [7, 11) is 0. The lowest BCUT2D eigenvalue weighted by molar-refractivity contribution is 0.0697. The third-order valence-corrected chi connectivity index (χ3v) is 1.71. The van der Waals surface area contributed by atoms with E-state index in [0.29, 0.717) is 5.56 Å². The van der Waals surface area contributed by atoms with Crippen LogP contribution in [-0.4, -0.2) is 11.1 Å². The molecule has 0 aromatic heterocycles. The quantitative estimate of drug-likeness (QED) is 0.744. The highest BCUT2D eigenvalue weighted by Crippen LogP contribution is 2.07. The van der Waals surface area contributed by atoms with E-state index >= 15 is 0 Å². The van der Waals surface area contributed by atoms with Crippen molar-refractivity contribution in [3.05, 3.63) is 35.4 Å². The van der Waals surface area contributed by atoms with Gasteiger partial charge in [0.25, 0.3) is 0 Å². The molecule has 2 heteroatoms. The summed E-state index contributed by atoms with van der Waals surface area (Å²) >= 11 is 0. The van der Waals surface area contributed by atoms with E-state index in [-0.39, 0.29) is 0 Å². The minimum absolute atomic E-state index is 0.376. The zero-order chi connectivity index (χ0) is 8.97. The van der Waals surface area contributed by atoms with Crippen molar-refractivity contribution in [1.82, 2.24) is 0 Å². The van der Waals surface area contributed by atoms with Crippen LogP contribution < -0.4 is 0 Å². The summed E-state index contributed by atoms with van der Waals surface area (Å²) in [5, 5.41) is 8.68. The number of benzene rings is 1. The van der Waals surface area contributed by atoms with Crippen LogP contribution in [0.2, 0.25) is 0 Å². The van der Waals surface area contributed by atoms with Gasteiger partial charge in [-0.15, -0.1) is 0 Å². The van der Waals surface area contributed by atoms with E-state index in [4.69, 9.17) is 5.11 Å². The molecule has 0 saturated heterocycles. The van der Waals surface area contributed by atoms with Crippen molar-refractivity contribution in [2.75, 3.05) is 0 Å². The summed E-state index contributed by atoms with van der Waals surface area (Å²) in [6, 6.07) is 7.08. The molecule has 64 valence electrons. The molecule has 0 aliphatic heterocycles. The Morgan fingerprint density at radius 3 is 2.83 bits per heavy atom. The second-order valence-corrected chi connectivity index (χ2v) is 2.76. The molecule has 0 unspecified atom stereocenters. The maximum atomic E-state index is 10.6. The number of hydrogen-bond donors (Lipinski definition) is 1.